The zero-order valence-electron chi connectivity index (χ0n) is 19.0. The number of nitrogens with one attached hydrogen (secondary N) is 2. The molecule has 0 saturated carbocycles. The van der Waals surface area contributed by atoms with Crippen LogP contribution in [0, 0.1) is 5.92 Å². The third-order valence-corrected chi connectivity index (χ3v) is 6.66. The SMILES string of the molecule is C[C@@]1(CCc2ccccc2)NC(=O)N(NC(=O)C2CCN(c3nc4ccccc4o3)CC2)C1=O. The Labute approximate surface area is 197 Å². The lowest BCUT2D eigenvalue weighted by molar-refractivity contribution is -0.140. The van der Waals surface area contributed by atoms with E-state index >= 15 is 0 Å². The molecule has 2 fully saturated rings. The minimum Gasteiger partial charge on any atom is -0.423 e. The summed E-state index contributed by atoms with van der Waals surface area (Å²) < 4.78 is 5.83. The van der Waals surface area contributed by atoms with E-state index in [9.17, 15) is 14.4 Å². The molecule has 5 rings (SSSR count). The molecule has 2 aliphatic heterocycles. The highest BCUT2D eigenvalue weighted by Gasteiger charge is 2.48. The van der Waals surface area contributed by atoms with Crippen LogP contribution in [0.25, 0.3) is 11.1 Å². The summed E-state index contributed by atoms with van der Waals surface area (Å²) in [5, 5.41) is 3.58. The molecule has 2 aromatic carbocycles. The van der Waals surface area contributed by atoms with Crippen LogP contribution >= 0.6 is 0 Å². The molecular weight excluding hydrogens is 434 g/mol. The molecule has 0 spiro atoms. The van der Waals surface area contributed by atoms with Crippen molar-refractivity contribution in [1.82, 2.24) is 20.7 Å². The molecule has 176 valence electrons. The van der Waals surface area contributed by atoms with Crippen molar-refractivity contribution in [3.63, 3.8) is 0 Å². The van der Waals surface area contributed by atoms with E-state index in [1.165, 1.54) is 0 Å². The standard InChI is InChI=1S/C25H27N5O4/c1-25(14-11-17-7-3-2-4-8-17)22(32)30(23(33)27-25)28-21(31)18-12-15-29(16-13-18)24-26-19-9-5-6-10-20(19)34-24/h2-10,18H,11-16H2,1H3,(H,27,33)(H,28,31)/t25-/m0/s1. The number of piperidine rings is 1. The van der Waals surface area contributed by atoms with Crippen molar-refractivity contribution in [2.24, 2.45) is 5.92 Å². The van der Waals surface area contributed by atoms with Gasteiger partial charge in [0.2, 0.25) is 5.91 Å². The van der Waals surface area contributed by atoms with E-state index < -0.39 is 17.5 Å². The number of benzene rings is 2. The predicted molar refractivity (Wildman–Crippen MR) is 126 cm³/mol. The fourth-order valence-corrected chi connectivity index (χ4v) is 4.52. The number of carbonyl (C=O) groups excluding carboxylic acids is 3. The van der Waals surface area contributed by atoms with Gasteiger partial charge in [0.25, 0.3) is 11.9 Å². The summed E-state index contributed by atoms with van der Waals surface area (Å²) in [6, 6.07) is 17.3. The Morgan fingerprint density at radius 3 is 2.56 bits per heavy atom. The lowest BCUT2D eigenvalue weighted by atomic mass is 9.93. The molecule has 1 aromatic heterocycles. The number of nitrogens with zero attached hydrogens (tertiary/aromatic N) is 3. The number of amides is 4. The second-order valence-electron chi connectivity index (χ2n) is 9.09. The molecule has 0 radical (unpaired) electrons. The Morgan fingerprint density at radius 1 is 1.12 bits per heavy atom. The first-order chi connectivity index (χ1) is 16.4. The minimum atomic E-state index is -1.06. The fraction of sp³-hybridized carbons (Fsp3) is 0.360. The molecule has 0 unspecified atom stereocenters. The molecule has 2 N–H and O–H groups in total. The molecule has 2 saturated heterocycles. The van der Waals surface area contributed by atoms with Crippen molar-refractivity contribution in [2.45, 2.75) is 38.1 Å². The third kappa shape index (κ3) is 4.21. The number of para-hydroxylation sites is 2. The van der Waals surface area contributed by atoms with Gasteiger partial charge in [0.05, 0.1) is 0 Å². The van der Waals surface area contributed by atoms with Gasteiger partial charge in [-0.25, -0.2) is 4.79 Å². The van der Waals surface area contributed by atoms with Gasteiger partial charge in [-0.2, -0.15) is 9.99 Å². The topological polar surface area (TPSA) is 108 Å². The summed E-state index contributed by atoms with van der Waals surface area (Å²) in [7, 11) is 0. The quantitative estimate of drug-likeness (QED) is 0.547. The maximum absolute atomic E-state index is 13.0. The number of fused-ring (bicyclic) bond motifs is 1. The zero-order chi connectivity index (χ0) is 23.7. The monoisotopic (exact) mass is 461 g/mol. The number of hydrogen-bond donors (Lipinski definition) is 2. The summed E-state index contributed by atoms with van der Waals surface area (Å²) in [6.45, 7) is 2.89. The molecule has 9 nitrogen and oxygen atoms in total. The first-order valence-electron chi connectivity index (χ1n) is 11.5. The Morgan fingerprint density at radius 2 is 1.82 bits per heavy atom. The van der Waals surface area contributed by atoms with Gasteiger partial charge in [0, 0.05) is 19.0 Å². The van der Waals surface area contributed by atoms with E-state index in [1.807, 2.05) is 59.5 Å². The van der Waals surface area contributed by atoms with Gasteiger partial charge in [-0.1, -0.05) is 42.5 Å². The summed E-state index contributed by atoms with van der Waals surface area (Å²) in [5.41, 5.74) is 4.10. The van der Waals surface area contributed by atoms with Crippen LogP contribution in [-0.2, 0) is 16.0 Å². The molecule has 1 atom stereocenters. The van der Waals surface area contributed by atoms with Crippen LogP contribution in [0.1, 0.15) is 31.7 Å². The van der Waals surface area contributed by atoms with E-state index in [4.69, 9.17) is 4.42 Å². The van der Waals surface area contributed by atoms with Crippen molar-refractivity contribution in [3.05, 3.63) is 60.2 Å². The van der Waals surface area contributed by atoms with Crippen LogP contribution in [0.5, 0.6) is 0 Å². The van der Waals surface area contributed by atoms with Crippen LogP contribution in [0.4, 0.5) is 10.8 Å². The number of oxazole rings is 1. The highest BCUT2D eigenvalue weighted by molar-refractivity contribution is 6.07. The van der Waals surface area contributed by atoms with E-state index in [1.54, 1.807) is 6.92 Å². The molecule has 0 bridgehead atoms. The number of hydrogen-bond acceptors (Lipinski definition) is 6. The van der Waals surface area contributed by atoms with Gasteiger partial charge in [-0.3, -0.25) is 15.0 Å². The van der Waals surface area contributed by atoms with Crippen molar-refractivity contribution in [1.29, 1.82) is 0 Å². The normalized spacial score (nSPS) is 21.2. The first kappa shape index (κ1) is 21.9. The average molecular weight is 462 g/mol. The molecule has 3 heterocycles. The number of urea groups is 1. The number of carbonyl (C=O) groups is 3. The average Bonchev–Trinajstić information content (AvgIpc) is 3.38. The highest BCUT2D eigenvalue weighted by atomic mass is 16.4. The van der Waals surface area contributed by atoms with Gasteiger partial charge in [-0.05, 0) is 50.3 Å². The Hall–Kier alpha value is -3.88. The van der Waals surface area contributed by atoms with Crippen molar-refractivity contribution in [3.8, 4) is 0 Å². The predicted octanol–water partition coefficient (Wildman–Crippen LogP) is 3.02. The molecule has 0 aliphatic carbocycles. The van der Waals surface area contributed by atoms with Crippen LogP contribution in [-0.4, -0.2) is 46.5 Å². The Kier molecular flexibility index (Phi) is 5.69. The van der Waals surface area contributed by atoms with Crippen molar-refractivity contribution < 1.29 is 18.8 Å². The van der Waals surface area contributed by atoms with Crippen LogP contribution in [0.2, 0.25) is 0 Å². The Balaban J connectivity index is 1.16. The smallest absolute Gasteiger partial charge is 0.344 e. The number of aromatic nitrogens is 1. The number of hydrazine groups is 1. The first-order valence-corrected chi connectivity index (χ1v) is 11.5. The van der Waals surface area contributed by atoms with Crippen molar-refractivity contribution in [2.75, 3.05) is 18.0 Å². The third-order valence-electron chi connectivity index (χ3n) is 6.66. The second-order valence-corrected chi connectivity index (χ2v) is 9.09. The summed E-state index contributed by atoms with van der Waals surface area (Å²) >= 11 is 0. The van der Waals surface area contributed by atoms with Crippen LogP contribution in [0.15, 0.2) is 59.0 Å². The van der Waals surface area contributed by atoms with E-state index in [-0.39, 0.29) is 11.8 Å². The van der Waals surface area contributed by atoms with Gasteiger partial charge in [0.15, 0.2) is 5.58 Å². The molecular formula is C25H27N5O4. The Bertz CT molecular complexity index is 1190. The summed E-state index contributed by atoms with van der Waals surface area (Å²) in [4.78, 5) is 44.9. The van der Waals surface area contributed by atoms with Crippen LogP contribution in [0.3, 0.4) is 0 Å². The fourth-order valence-electron chi connectivity index (χ4n) is 4.52. The van der Waals surface area contributed by atoms with E-state index in [0.717, 1.165) is 21.7 Å². The number of imide groups is 1. The maximum Gasteiger partial charge on any atom is 0.344 e. The van der Waals surface area contributed by atoms with Gasteiger partial charge >= 0.3 is 6.03 Å². The molecule has 4 amide bonds. The van der Waals surface area contributed by atoms with Gasteiger partial charge in [0.1, 0.15) is 11.1 Å². The molecule has 34 heavy (non-hydrogen) atoms. The maximum atomic E-state index is 13.0. The molecule has 3 aromatic rings. The molecule has 9 heteroatoms. The lowest BCUT2D eigenvalue weighted by Crippen LogP contribution is -2.51. The number of aryl methyl sites for hydroxylation is 1. The zero-order valence-corrected chi connectivity index (χ0v) is 19.0. The van der Waals surface area contributed by atoms with Gasteiger partial charge < -0.3 is 14.6 Å². The largest absolute Gasteiger partial charge is 0.423 e. The van der Waals surface area contributed by atoms with E-state index in [0.29, 0.717) is 44.8 Å². The minimum absolute atomic E-state index is 0.308. The van der Waals surface area contributed by atoms with Gasteiger partial charge in [-0.15, -0.1) is 0 Å². The second kappa shape index (κ2) is 8.81. The number of rotatable bonds is 6. The number of anilines is 1. The van der Waals surface area contributed by atoms with E-state index in [2.05, 4.69) is 15.7 Å². The summed E-state index contributed by atoms with van der Waals surface area (Å²) in [5.74, 6) is -1.07. The molecule has 2 aliphatic rings. The highest BCUT2D eigenvalue weighted by Crippen LogP contribution is 2.27. The van der Waals surface area contributed by atoms with Crippen molar-refractivity contribution >= 4 is 35.0 Å². The lowest BCUT2D eigenvalue weighted by Gasteiger charge is -2.30. The van der Waals surface area contributed by atoms with Crippen LogP contribution < -0.4 is 15.6 Å². The summed E-state index contributed by atoms with van der Waals surface area (Å²) in [6.07, 6.45) is 2.22.